The lowest BCUT2D eigenvalue weighted by Gasteiger charge is -2.27. The van der Waals surface area contributed by atoms with Gasteiger partial charge in [0, 0.05) is 5.38 Å². The zero-order valence-electron chi connectivity index (χ0n) is 9.06. The van der Waals surface area contributed by atoms with Crippen LogP contribution in [0.3, 0.4) is 0 Å². The predicted octanol–water partition coefficient (Wildman–Crippen LogP) is 5.33. The van der Waals surface area contributed by atoms with Crippen LogP contribution in [0.5, 0.6) is 0 Å². The number of hydrogen-bond donors (Lipinski definition) is 0. The van der Waals surface area contributed by atoms with Crippen LogP contribution in [0.25, 0.3) is 0 Å². The van der Waals surface area contributed by atoms with E-state index >= 15 is 0 Å². The van der Waals surface area contributed by atoms with Gasteiger partial charge in [-0.1, -0.05) is 48.2 Å². The van der Waals surface area contributed by atoms with Crippen molar-refractivity contribution in [1.29, 1.82) is 0 Å². The average Bonchev–Trinajstić information content (AvgIpc) is 2.28. The van der Waals surface area contributed by atoms with Crippen LogP contribution in [0, 0.1) is 5.92 Å². The fourth-order valence-corrected chi connectivity index (χ4v) is 3.15. The summed E-state index contributed by atoms with van der Waals surface area (Å²) in [7, 11) is 0. The van der Waals surface area contributed by atoms with Gasteiger partial charge in [0.05, 0.1) is 10.0 Å². The lowest BCUT2D eigenvalue weighted by Crippen LogP contribution is -2.21. The van der Waals surface area contributed by atoms with E-state index in [1.165, 1.54) is 19.3 Å². The second-order valence-electron chi connectivity index (χ2n) is 4.48. The number of halogens is 3. The molecule has 1 aliphatic rings. The van der Waals surface area contributed by atoms with E-state index in [1.54, 1.807) is 0 Å². The first-order valence-corrected chi connectivity index (χ1v) is 6.94. The zero-order valence-corrected chi connectivity index (χ0v) is 11.3. The minimum Gasteiger partial charge on any atom is -0.123 e. The standard InChI is InChI=1S/C13H15Cl3/c14-11-6-2-1-4-9(11)8-10-5-3-7-12(15)13(10)16/h3,5,7,9,11H,1-2,4,6,8H2. The molecule has 3 heteroatoms. The van der Waals surface area contributed by atoms with Crippen molar-refractivity contribution in [2.45, 2.75) is 37.5 Å². The summed E-state index contributed by atoms with van der Waals surface area (Å²) in [4.78, 5) is 0. The van der Waals surface area contributed by atoms with E-state index in [2.05, 4.69) is 0 Å². The molecule has 0 saturated heterocycles. The highest BCUT2D eigenvalue weighted by Crippen LogP contribution is 2.34. The van der Waals surface area contributed by atoms with Crippen LogP contribution < -0.4 is 0 Å². The second kappa shape index (κ2) is 5.62. The van der Waals surface area contributed by atoms with Crippen LogP contribution in [0.2, 0.25) is 10.0 Å². The number of rotatable bonds is 2. The molecular formula is C13H15Cl3. The lowest BCUT2D eigenvalue weighted by atomic mass is 9.84. The Morgan fingerprint density at radius 3 is 2.62 bits per heavy atom. The molecule has 1 aliphatic carbocycles. The molecule has 0 radical (unpaired) electrons. The van der Waals surface area contributed by atoms with Crippen molar-refractivity contribution >= 4 is 34.8 Å². The van der Waals surface area contributed by atoms with E-state index in [4.69, 9.17) is 34.8 Å². The zero-order chi connectivity index (χ0) is 11.5. The van der Waals surface area contributed by atoms with E-state index in [1.807, 2.05) is 18.2 Å². The Bertz CT molecular complexity index is 362. The molecule has 0 nitrogen and oxygen atoms in total. The summed E-state index contributed by atoms with van der Waals surface area (Å²) in [6.07, 6.45) is 5.83. The van der Waals surface area contributed by atoms with Crippen molar-refractivity contribution in [3.05, 3.63) is 33.8 Å². The van der Waals surface area contributed by atoms with Crippen molar-refractivity contribution in [2.24, 2.45) is 5.92 Å². The molecule has 2 unspecified atom stereocenters. The summed E-state index contributed by atoms with van der Waals surface area (Å²) in [5.74, 6) is 0.548. The minimum atomic E-state index is 0.295. The largest absolute Gasteiger partial charge is 0.123 e. The summed E-state index contributed by atoms with van der Waals surface area (Å²) < 4.78 is 0. The van der Waals surface area contributed by atoms with Crippen LogP contribution in [0.1, 0.15) is 31.2 Å². The third-order valence-corrected chi connectivity index (χ3v) is 4.76. The maximum absolute atomic E-state index is 6.35. The average molecular weight is 278 g/mol. The molecule has 0 aliphatic heterocycles. The Morgan fingerprint density at radius 1 is 1.12 bits per heavy atom. The Kier molecular flexibility index (Phi) is 4.41. The minimum absolute atomic E-state index is 0.295. The van der Waals surface area contributed by atoms with Crippen molar-refractivity contribution in [2.75, 3.05) is 0 Å². The van der Waals surface area contributed by atoms with Gasteiger partial charge in [-0.15, -0.1) is 11.6 Å². The van der Waals surface area contributed by atoms with Crippen LogP contribution in [-0.2, 0) is 6.42 Å². The van der Waals surface area contributed by atoms with E-state index < -0.39 is 0 Å². The third kappa shape index (κ3) is 2.85. The van der Waals surface area contributed by atoms with Crippen molar-refractivity contribution in [3.63, 3.8) is 0 Å². The number of hydrogen-bond acceptors (Lipinski definition) is 0. The summed E-state index contributed by atoms with van der Waals surface area (Å²) in [6, 6.07) is 5.83. The Balaban J connectivity index is 2.10. The lowest BCUT2D eigenvalue weighted by molar-refractivity contribution is 0.364. The quantitative estimate of drug-likeness (QED) is 0.641. The molecule has 2 rings (SSSR count). The molecule has 1 saturated carbocycles. The van der Waals surface area contributed by atoms with Gasteiger partial charge >= 0.3 is 0 Å². The smallest absolute Gasteiger partial charge is 0.0624 e. The molecule has 0 spiro atoms. The van der Waals surface area contributed by atoms with E-state index in [0.717, 1.165) is 18.4 Å². The van der Waals surface area contributed by atoms with Gasteiger partial charge in [-0.3, -0.25) is 0 Å². The molecular weight excluding hydrogens is 263 g/mol. The molecule has 1 aromatic rings. The van der Waals surface area contributed by atoms with Gasteiger partial charge in [-0.2, -0.15) is 0 Å². The van der Waals surface area contributed by atoms with Crippen molar-refractivity contribution in [1.82, 2.24) is 0 Å². The van der Waals surface area contributed by atoms with Gasteiger partial charge in [-0.05, 0) is 36.8 Å². The molecule has 1 fully saturated rings. The molecule has 0 amide bonds. The molecule has 1 aromatic carbocycles. The number of alkyl halides is 1. The second-order valence-corrected chi connectivity index (χ2v) is 5.82. The van der Waals surface area contributed by atoms with Crippen LogP contribution in [-0.4, -0.2) is 5.38 Å². The summed E-state index contributed by atoms with van der Waals surface area (Å²) in [5.41, 5.74) is 1.13. The first-order chi connectivity index (χ1) is 7.68. The van der Waals surface area contributed by atoms with E-state index in [-0.39, 0.29) is 0 Å². The SMILES string of the molecule is Clc1cccc(CC2CCCCC2Cl)c1Cl. The van der Waals surface area contributed by atoms with Crippen LogP contribution in [0.15, 0.2) is 18.2 Å². The van der Waals surface area contributed by atoms with Crippen molar-refractivity contribution < 1.29 is 0 Å². The third-order valence-electron chi connectivity index (χ3n) is 3.33. The molecule has 16 heavy (non-hydrogen) atoms. The summed E-state index contributed by atoms with van der Waals surface area (Å²) in [6.45, 7) is 0. The van der Waals surface area contributed by atoms with Gasteiger partial charge in [0.15, 0.2) is 0 Å². The highest BCUT2D eigenvalue weighted by molar-refractivity contribution is 6.42. The highest BCUT2D eigenvalue weighted by atomic mass is 35.5. The number of benzene rings is 1. The monoisotopic (exact) mass is 276 g/mol. The van der Waals surface area contributed by atoms with Gasteiger partial charge in [0.25, 0.3) is 0 Å². The summed E-state index contributed by atoms with van der Waals surface area (Å²) in [5, 5.41) is 1.63. The van der Waals surface area contributed by atoms with Gasteiger partial charge in [0.1, 0.15) is 0 Å². The molecule has 0 N–H and O–H groups in total. The molecule has 0 aromatic heterocycles. The topological polar surface area (TPSA) is 0 Å². The van der Waals surface area contributed by atoms with Crippen LogP contribution in [0.4, 0.5) is 0 Å². The first kappa shape index (κ1) is 12.5. The maximum atomic E-state index is 6.35. The molecule has 2 atom stereocenters. The summed E-state index contributed by atoms with van der Waals surface area (Å²) >= 11 is 18.5. The van der Waals surface area contributed by atoms with Crippen LogP contribution >= 0.6 is 34.8 Å². The highest BCUT2D eigenvalue weighted by Gasteiger charge is 2.24. The van der Waals surface area contributed by atoms with E-state index in [9.17, 15) is 0 Å². The van der Waals surface area contributed by atoms with Gasteiger partial charge < -0.3 is 0 Å². The normalized spacial score (nSPS) is 25.7. The Morgan fingerprint density at radius 2 is 1.88 bits per heavy atom. The predicted molar refractivity (Wildman–Crippen MR) is 71.8 cm³/mol. The first-order valence-electron chi connectivity index (χ1n) is 5.75. The maximum Gasteiger partial charge on any atom is 0.0624 e. The molecule has 0 heterocycles. The molecule has 88 valence electrons. The van der Waals surface area contributed by atoms with Gasteiger partial charge in [-0.25, -0.2) is 0 Å². The fraction of sp³-hybridized carbons (Fsp3) is 0.538. The van der Waals surface area contributed by atoms with Gasteiger partial charge in [0.2, 0.25) is 0 Å². The van der Waals surface area contributed by atoms with Crippen molar-refractivity contribution in [3.8, 4) is 0 Å². The molecule has 0 bridgehead atoms. The Hall–Kier alpha value is 0.0900. The van der Waals surface area contributed by atoms with E-state index in [0.29, 0.717) is 21.3 Å². The fourth-order valence-electron chi connectivity index (χ4n) is 2.38. The Labute approximate surface area is 112 Å².